The Hall–Kier alpha value is -1.56. The van der Waals surface area contributed by atoms with E-state index in [1.165, 1.54) is 0 Å². The summed E-state index contributed by atoms with van der Waals surface area (Å²) in [5, 5.41) is -0.472. The first-order valence-electron chi connectivity index (χ1n) is 4.30. The average Bonchev–Trinajstić information content (AvgIpc) is 2.18. The van der Waals surface area contributed by atoms with Crippen LogP contribution >= 0.6 is 11.6 Å². The van der Waals surface area contributed by atoms with Crippen LogP contribution in [0.1, 0.15) is 27.6 Å². The number of Topliss-reactive ketones (excluding diaryl/α,β-unsaturated/α-hetero) is 1. The Balaban J connectivity index is 3.34. The molecule has 7 heteroatoms. The molecule has 0 amide bonds. The second-order valence-corrected chi connectivity index (χ2v) is 3.48. The fourth-order valence-electron chi connectivity index (χ4n) is 1.14. The van der Waals surface area contributed by atoms with E-state index in [4.69, 9.17) is 11.6 Å². The van der Waals surface area contributed by atoms with Crippen molar-refractivity contribution in [3.8, 4) is 5.75 Å². The van der Waals surface area contributed by atoms with Gasteiger partial charge >= 0.3 is 6.36 Å². The molecule has 92 valence electrons. The van der Waals surface area contributed by atoms with E-state index in [1.807, 2.05) is 0 Å². The van der Waals surface area contributed by atoms with E-state index in [9.17, 15) is 22.8 Å². The number of aldehydes is 1. The van der Waals surface area contributed by atoms with Gasteiger partial charge in [0, 0.05) is 11.1 Å². The van der Waals surface area contributed by atoms with Crippen molar-refractivity contribution in [3.63, 3.8) is 0 Å². The monoisotopic (exact) mass is 266 g/mol. The Labute approximate surface area is 99.1 Å². The van der Waals surface area contributed by atoms with Crippen LogP contribution in [0.15, 0.2) is 12.1 Å². The standard InChI is InChI=1S/C10H6ClF3O3/c1-5(16)7-2-6(4-15)3-8(9(7)11)17-10(12,13)14/h2-4H,1H3. The van der Waals surface area contributed by atoms with E-state index >= 15 is 0 Å². The molecule has 0 fully saturated rings. The molecule has 1 rings (SSSR count). The van der Waals surface area contributed by atoms with Crippen LogP contribution in [-0.4, -0.2) is 18.4 Å². The van der Waals surface area contributed by atoms with Crippen molar-refractivity contribution in [3.05, 3.63) is 28.3 Å². The van der Waals surface area contributed by atoms with Crippen LogP contribution < -0.4 is 4.74 Å². The highest BCUT2D eigenvalue weighted by Crippen LogP contribution is 2.33. The first-order chi connectivity index (χ1) is 7.74. The van der Waals surface area contributed by atoms with E-state index in [0.717, 1.165) is 19.1 Å². The fourth-order valence-corrected chi connectivity index (χ4v) is 1.42. The van der Waals surface area contributed by atoms with Crippen LogP contribution in [0.4, 0.5) is 13.2 Å². The number of alkyl halides is 3. The number of carbonyl (C=O) groups excluding carboxylic acids is 2. The van der Waals surface area contributed by atoms with Gasteiger partial charge in [0.1, 0.15) is 12.0 Å². The lowest BCUT2D eigenvalue weighted by Crippen LogP contribution is -2.18. The smallest absolute Gasteiger partial charge is 0.404 e. The third kappa shape index (κ3) is 3.45. The lowest BCUT2D eigenvalue weighted by molar-refractivity contribution is -0.274. The van der Waals surface area contributed by atoms with Crippen LogP contribution in [0.5, 0.6) is 5.75 Å². The predicted octanol–water partition coefficient (Wildman–Crippen LogP) is 3.25. The highest BCUT2D eigenvalue weighted by atomic mass is 35.5. The first-order valence-corrected chi connectivity index (χ1v) is 4.68. The van der Waals surface area contributed by atoms with Crippen molar-refractivity contribution < 1.29 is 27.5 Å². The van der Waals surface area contributed by atoms with Gasteiger partial charge in [-0.3, -0.25) is 9.59 Å². The zero-order valence-electron chi connectivity index (χ0n) is 8.47. The largest absolute Gasteiger partial charge is 0.573 e. The summed E-state index contributed by atoms with van der Waals surface area (Å²) in [6.45, 7) is 1.12. The summed E-state index contributed by atoms with van der Waals surface area (Å²) in [7, 11) is 0. The number of ether oxygens (including phenoxy) is 1. The summed E-state index contributed by atoms with van der Waals surface area (Å²) >= 11 is 5.58. The fraction of sp³-hybridized carbons (Fsp3) is 0.200. The maximum atomic E-state index is 12.0. The number of halogens is 4. The SMILES string of the molecule is CC(=O)c1cc(C=O)cc(OC(F)(F)F)c1Cl. The van der Waals surface area contributed by atoms with E-state index in [-0.39, 0.29) is 11.1 Å². The van der Waals surface area contributed by atoms with Gasteiger partial charge in [-0.05, 0) is 19.1 Å². The van der Waals surface area contributed by atoms with Crippen LogP contribution in [0.3, 0.4) is 0 Å². The van der Waals surface area contributed by atoms with Gasteiger partial charge in [-0.25, -0.2) is 0 Å². The van der Waals surface area contributed by atoms with Gasteiger partial charge in [-0.1, -0.05) is 11.6 Å². The Morgan fingerprint density at radius 3 is 2.41 bits per heavy atom. The lowest BCUT2D eigenvalue weighted by Gasteiger charge is -2.12. The van der Waals surface area contributed by atoms with Crippen molar-refractivity contribution in [1.29, 1.82) is 0 Å². The summed E-state index contributed by atoms with van der Waals surface area (Å²) in [4.78, 5) is 21.6. The third-order valence-electron chi connectivity index (χ3n) is 1.80. The molecule has 0 bridgehead atoms. The molecule has 1 aromatic carbocycles. The molecular weight excluding hydrogens is 261 g/mol. The summed E-state index contributed by atoms with van der Waals surface area (Å²) in [5.74, 6) is -1.33. The molecule has 0 aliphatic heterocycles. The molecule has 0 radical (unpaired) electrons. The quantitative estimate of drug-likeness (QED) is 0.623. The molecule has 0 heterocycles. The average molecular weight is 267 g/mol. The lowest BCUT2D eigenvalue weighted by atomic mass is 10.1. The van der Waals surface area contributed by atoms with Gasteiger partial charge in [-0.15, -0.1) is 13.2 Å². The van der Waals surface area contributed by atoms with Crippen molar-refractivity contribution in [1.82, 2.24) is 0 Å². The number of benzene rings is 1. The number of hydrogen-bond acceptors (Lipinski definition) is 3. The Morgan fingerprint density at radius 2 is 2.00 bits per heavy atom. The van der Waals surface area contributed by atoms with Crippen LogP contribution in [-0.2, 0) is 0 Å². The molecule has 0 aliphatic carbocycles. The zero-order valence-corrected chi connectivity index (χ0v) is 9.22. The summed E-state index contributed by atoms with van der Waals surface area (Å²) < 4.78 is 39.7. The van der Waals surface area contributed by atoms with Crippen LogP contribution in [0.25, 0.3) is 0 Å². The molecule has 1 aromatic rings. The zero-order chi connectivity index (χ0) is 13.2. The molecule has 17 heavy (non-hydrogen) atoms. The number of rotatable bonds is 3. The summed E-state index contributed by atoms with van der Waals surface area (Å²) in [6, 6.07) is 1.91. The van der Waals surface area contributed by atoms with Crippen molar-refractivity contribution in [2.24, 2.45) is 0 Å². The molecule has 0 unspecified atom stereocenters. The molecule has 0 aliphatic rings. The van der Waals surface area contributed by atoms with Gasteiger partial charge in [0.15, 0.2) is 5.78 Å². The first kappa shape index (κ1) is 13.5. The molecule has 0 aromatic heterocycles. The second-order valence-electron chi connectivity index (χ2n) is 3.10. The second kappa shape index (κ2) is 4.75. The molecule has 0 saturated carbocycles. The van der Waals surface area contributed by atoms with E-state index in [1.54, 1.807) is 0 Å². The van der Waals surface area contributed by atoms with Crippen molar-refractivity contribution in [2.75, 3.05) is 0 Å². The minimum Gasteiger partial charge on any atom is -0.404 e. The van der Waals surface area contributed by atoms with E-state index in [2.05, 4.69) is 4.74 Å². The highest BCUT2D eigenvalue weighted by molar-refractivity contribution is 6.35. The van der Waals surface area contributed by atoms with Gasteiger partial charge < -0.3 is 4.74 Å². The van der Waals surface area contributed by atoms with Gasteiger partial charge in [0.05, 0.1) is 5.02 Å². The summed E-state index contributed by atoms with van der Waals surface area (Å²) in [6.07, 6.45) is -4.65. The Kier molecular flexibility index (Phi) is 3.77. The highest BCUT2D eigenvalue weighted by Gasteiger charge is 2.33. The molecule has 0 N–H and O–H groups in total. The molecule has 3 nitrogen and oxygen atoms in total. The topological polar surface area (TPSA) is 43.4 Å². The van der Waals surface area contributed by atoms with Gasteiger partial charge in [-0.2, -0.15) is 0 Å². The molecular formula is C10H6ClF3O3. The minimum absolute atomic E-state index is 0.126. The van der Waals surface area contributed by atoms with Gasteiger partial charge in [0.25, 0.3) is 0 Å². The number of ketones is 1. The number of hydrogen-bond donors (Lipinski definition) is 0. The maximum Gasteiger partial charge on any atom is 0.573 e. The summed E-state index contributed by atoms with van der Waals surface area (Å²) in [5.41, 5.74) is -0.325. The maximum absolute atomic E-state index is 12.0. The Bertz CT molecular complexity index is 469. The van der Waals surface area contributed by atoms with Crippen molar-refractivity contribution >= 4 is 23.7 Å². The Morgan fingerprint density at radius 1 is 1.41 bits per heavy atom. The van der Waals surface area contributed by atoms with Crippen LogP contribution in [0, 0.1) is 0 Å². The van der Waals surface area contributed by atoms with Crippen LogP contribution in [0.2, 0.25) is 5.02 Å². The van der Waals surface area contributed by atoms with Crippen molar-refractivity contribution in [2.45, 2.75) is 13.3 Å². The molecule has 0 saturated heterocycles. The third-order valence-corrected chi connectivity index (χ3v) is 2.19. The van der Waals surface area contributed by atoms with Gasteiger partial charge in [0.2, 0.25) is 0 Å². The normalized spacial score (nSPS) is 11.1. The van der Waals surface area contributed by atoms with E-state index < -0.39 is 22.9 Å². The number of carbonyl (C=O) groups is 2. The molecule has 0 spiro atoms. The predicted molar refractivity (Wildman–Crippen MR) is 53.5 cm³/mol. The minimum atomic E-state index is -4.95. The molecule has 0 atom stereocenters. The van der Waals surface area contributed by atoms with E-state index in [0.29, 0.717) is 6.29 Å².